The van der Waals surface area contributed by atoms with Gasteiger partial charge < -0.3 is 14.7 Å². The predicted molar refractivity (Wildman–Crippen MR) is 115 cm³/mol. The molecule has 0 aromatic heterocycles. The Balaban J connectivity index is 5.13. The average Bonchev–Trinajstić information content (AvgIpc) is 2.63. The Kier molecular flexibility index (Phi) is 15.6. The fourth-order valence-electron chi connectivity index (χ4n) is 3.63. The van der Waals surface area contributed by atoms with Gasteiger partial charge in [0.15, 0.2) is 0 Å². The maximum absolute atomic E-state index is 11.3. The van der Waals surface area contributed by atoms with Gasteiger partial charge in [-0.2, -0.15) is 0 Å². The Morgan fingerprint density at radius 2 is 1.48 bits per heavy atom. The summed E-state index contributed by atoms with van der Waals surface area (Å²) >= 11 is 0. The number of aliphatic hydroxyl groups excluding tert-OH is 1. The summed E-state index contributed by atoms with van der Waals surface area (Å²) in [6.45, 7) is 12.1. The lowest BCUT2D eigenvalue weighted by Gasteiger charge is -2.40. The van der Waals surface area contributed by atoms with Gasteiger partial charge in [-0.25, -0.2) is 0 Å². The molecule has 0 aromatic rings. The molecular formula is C23H46NO3+. The minimum absolute atomic E-state index is 0.322. The number of aliphatic carboxylic acids is 1. The Hall–Kier alpha value is -0.870. The summed E-state index contributed by atoms with van der Waals surface area (Å²) in [6.07, 6.45) is 14.7. The van der Waals surface area contributed by atoms with Crippen molar-refractivity contribution in [1.29, 1.82) is 0 Å². The minimum atomic E-state index is -0.713. The van der Waals surface area contributed by atoms with Crippen LogP contribution in [0.3, 0.4) is 0 Å². The molecule has 0 aromatic carbocycles. The molecule has 0 heterocycles. The van der Waals surface area contributed by atoms with Crippen molar-refractivity contribution in [3.05, 3.63) is 12.2 Å². The second-order valence-electron chi connectivity index (χ2n) is 8.27. The van der Waals surface area contributed by atoms with Gasteiger partial charge in [-0.15, -0.1) is 0 Å². The smallest absolute Gasteiger partial charge is 0.306 e. The van der Waals surface area contributed by atoms with Crippen molar-refractivity contribution in [3.63, 3.8) is 0 Å². The molecule has 0 radical (unpaired) electrons. The van der Waals surface area contributed by atoms with Crippen LogP contribution in [-0.4, -0.2) is 52.9 Å². The van der Waals surface area contributed by atoms with Gasteiger partial charge in [0, 0.05) is 6.42 Å². The fourth-order valence-corrected chi connectivity index (χ4v) is 3.63. The molecule has 0 rings (SSSR count). The lowest BCUT2D eigenvalue weighted by atomic mass is 10.0. The molecule has 0 aliphatic heterocycles. The number of hydrogen-bond acceptors (Lipinski definition) is 2. The van der Waals surface area contributed by atoms with Crippen LogP contribution in [-0.2, 0) is 4.79 Å². The molecule has 2 N–H and O–H groups in total. The highest BCUT2D eigenvalue weighted by atomic mass is 16.4. The molecule has 4 heteroatoms. The van der Waals surface area contributed by atoms with Gasteiger partial charge in [0.1, 0.15) is 12.6 Å². The molecule has 0 fully saturated rings. The van der Waals surface area contributed by atoms with E-state index < -0.39 is 12.1 Å². The monoisotopic (exact) mass is 384 g/mol. The number of rotatable bonds is 18. The molecule has 27 heavy (non-hydrogen) atoms. The summed E-state index contributed by atoms with van der Waals surface area (Å²) in [5.74, 6) is -1.03. The van der Waals surface area contributed by atoms with Crippen LogP contribution in [0.1, 0.15) is 91.9 Å². The lowest BCUT2D eigenvalue weighted by Crippen LogP contribution is -2.54. The molecule has 160 valence electrons. The molecule has 0 aliphatic rings. The van der Waals surface area contributed by atoms with Crippen molar-refractivity contribution in [2.24, 2.45) is 5.92 Å². The van der Waals surface area contributed by atoms with Gasteiger partial charge in [-0.05, 0) is 32.1 Å². The Bertz CT molecular complexity index is 385. The van der Waals surface area contributed by atoms with E-state index >= 15 is 0 Å². The molecule has 2 atom stereocenters. The van der Waals surface area contributed by atoms with E-state index in [0.29, 0.717) is 13.0 Å². The van der Waals surface area contributed by atoms with E-state index in [9.17, 15) is 15.0 Å². The van der Waals surface area contributed by atoms with Gasteiger partial charge in [-0.3, -0.25) is 4.79 Å². The summed E-state index contributed by atoms with van der Waals surface area (Å²) in [7, 11) is 0. The van der Waals surface area contributed by atoms with Crippen LogP contribution in [0.2, 0.25) is 0 Å². The largest absolute Gasteiger partial charge is 0.481 e. The Labute approximate surface area is 168 Å². The van der Waals surface area contributed by atoms with Crippen molar-refractivity contribution in [2.45, 2.75) is 98.0 Å². The van der Waals surface area contributed by atoms with Gasteiger partial charge in [0.2, 0.25) is 0 Å². The normalized spacial score (nSPS) is 14.6. The number of unbranched alkanes of at least 4 members (excludes halogenated alkanes) is 6. The standard InChI is InChI=1S/C23H45NO3/c1-5-8-11-12-15-22(25)20-24(17-13-9-6-2,18-14-10-7-3)19-16-21(4)23(26)27/h12,15,21-22,25H,5-11,13-14,16-20H2,1-4H3/p+1/b15-12+. The Morgan fingerprint density at radius 1 is 0.926 bits per heavy atom. The summed E-state index contributed by atoms with van der Waals surface area (Å²) < 4.78 is 0.858. The van der Waals surface area contributed by atoms with E-state index in [4.69, 9.17) is 0 Å². The molecule has 0 aliphatic carbocycles. The third-order valence-electron chi connectivity index (χ3n) is 5.59. The van der Waals surface area contributed by atoms with Crippen LogP contribution in [0.15, 0.2) is 12.2 Å². The van der Waals surface area contributed by atoms with Crippen LogP contribution in [0.25, 0.3) is 0 Å². The number of nitrogens with zero attached hydrogens (tertiary/aromatic N) is 1. The summed E-state index contributed by atoms with van der Waals surface area (Å²) in [5, 5.41) is 19.9. The first-order chi connectivity index (χ1) is 12.9. The topological polar surface area (TPSA) is 57.5 Å². The highest BCUT2D eigenvalue weighted by Gasteiger charge is 2.30. The zero-order valence-corrected chi connectivity index (χ0v) is 18.5. The minimum Gasteiger partial charge on any atom is -0.481 e. The van der Waals surface area contributed by atoms with Crippen LogP contribution in [0.5, 0.6) is 0 Å². The van der Waals surface area contributed by atoms with E-state index in [1.54, 1.807) is 6.92 Å². The number of allylic oxidation sites excluding steroid dienone is 1. The van der Waals surface area contributed by atoms with Gasteiger partial charge >= 0.3 is 5.97 Å². The number of hydrogen-bond donors (Lipinski definition) is 2. The van der Waals surface area contributed by atoms with E-state index in [1.807, 2.05) is 6.08 Å². The van der Waals surface area contributed by atoms with E-state index in [0.717, 1.165) is 49.8 Å². The van der Waals surface area contributed by atoms with E-state index in [1.165, 1.54) is 32.1 Å². The maximum atomic E-state index is 11.3. The van der Waals surface area contributed by atoms with Crippen molar-refractivity contribution in [1.82, 2.24) is 0 Å². The predicted octanol–water partition coefficient (Wildman–Crippen LogP) is 5.40. The number of aliphatic hydroxyl groups is 1. The molecular weight excluding hydrogens is 338 g/mol. The molecule has 0 saturated carbocycles. The molecule has 0 saturated heterocycles. The van der Waals surface area contributed by atoms with Crippen LogP contribution in [0, 0.1) is 5.92 Å². The molecule has 0 bridgehead atoms. The van der Waals surface area contributed by atoms with Crippen LogP contribution < -0.4 is 0 Å². The zero-order valence-electron chi connectivity index (χ0n) is 18.5. The molecule has 2 unspecified atom stereocenters. The quantitative estimate of drug-likeness (QED) is 0.189. The van der Waals surface area contributed by atoms with Gasteiger partial charge in [0.25, 0.3) is 0 Å². The second kappa shape index (κ2) is 16.1. The third-order valence-corrected chi connectivity index (χ3v) is 5.59. The lowest BCUT2D eigenvalue weighted by molar-refractivity contribution is -0.931. The van der Waals surface area contributed by atoms with Crippen LogP contribution >= 0.6 is 0 Å². The number of quaternary nitrogens is 1. The van der Waals surface area contributed by atoms with Crippen molar-refractivity contribution in [3.8, 4) is 0 Å². The highest BCUT2D eigenvalue weighted by Crippen LogP contribution is 2.19. The SMILES string of the molecule is CCCC/C=C/C(O)C[N+](CCCCC)(CCCCC)CCC(C)C(=O)O. The molecule has 4 nitrogen and oxygen atoms in total. The highest BCUT2D eigenvalue weighted by molar-refractivity contribution is 5.69. The van der Waals surface area contributed by atoms with Crippen molar-refractivity contribution < 1.29 is 19.5 Å². The summed E-state index contributed by atoms with van der Waals surface area (Å²) in [6, 6.07) is 0. The third kappa shape index (κ3) is 13.0. The van der Waals surface area contributed by atoms with Gasteiger partial charge in [0.05, 0.1) is 25.6 Å². The Morgan fingerprint density at radius 3 is 1.96 bits per heavy atom. The molecule has 0 spiro atoms. The zero-order chi connectivity index (χ0) is 20.5. The average molecular weight is 385 g/mol. The van der Waals surface area contributed by atoms with Crippen molar-refractivity contribution >= 4 is 5.97 Å². The first kappa shape index (κ1) is 26.1. The van der Waals surface area contributed by atoms with Crippen molar-refractivity contribution in [2.75, 3.05) is 26.2 Å². The molecule has 0 amide bonds. The first-order valence-corrected chi connectivity index (χ1v) is 11.3. The second-order valence-corrected chi connectivity index (χ2v) is 8.27. The number of carboxylic acids is 1. The first-order valence-electron chi connectivity index (χ1n) is 11.3. The van der Waals surface area contributed by atoms with E-state index in [-0.39, 0.29) is 5.92 Å². The number of carbonyl (C=O) groups is 1. The fraction of sp³-hybridized carbons (Fsp3) is 0.870. The van der Waals surface area contributed by atoms with Gasteiger partial charge in [-0.1, -0.05) is 65.5 Å². The summed E-state index contributed by atoms with van der Waals surface area (Å²) in [5.41, 5.74) is 0. The number of carboxylic acid groups (broad SMARTS) is 1. The summed E-state index contributed by atoms with van der Waals surface area (Å²) in [4.78, 5) is 11.3. The van der Waals surface area contributed by atoms with Crippen LogP contribution in [0.4, 0.5) is 0 Å². The maximum Gasteiger partial charge on any atom is 0.306 e. The van der Waals surface area contributed by atoms with E-state index in [2.05, 4.69) is 26.8 Å².